The minimum Gasteiger partial charge on any atom is -0.324 e. The molecule has 0 spiro atoms. The maximum atomic E-state index is 12.9. The molecule has 1 aliphatic rings. The Hall–Kier alpha value is -1.76. The van der Waals surface area contributed by atoms with Gasteiger partial charge in [0.25, 0.3) is 5.91 Å². The molecule has 2 aromatic rings. The van der Waals surface area contributed by atoms with Gasteiger partial charge >= 0.3 is 0 Å². The van der Waals surface area contributed by atoms with Crippen LogP contribution in [0.5, 0.6) is 0 Å². The summed E-state index contributed by atoms with van der Waals surface area (Å²) >= 11 is 9.57. The molecule has 8 heteroatoms. The van der Waals surface area contributed by atoms with Gasteiger partial charge in [-0.15, -0.1) is 11.8 Å². The molecular weight excluding hydrogens is 485 g/mol. The molecule has 0 bridgehead atoms. The van der Waals surface area contributed by atoms with Gasteiger partial charge in [-0.3, -0.25) is 9.59 Å². The van der Waals surface area contributed by atoms with Crippen LogP contribution in [0.3, 0.4) is 0 Å². The lowest BCUT2D eigenvalue weighted by atomic mass is 10.1. The first-order chi connectivity index (χ1) is 12.5. The zero-order valence-corrected chi connectivity index (χ0v) is 17.1. The van der Waals surface area contributed by atoms with Crippen LogP contribution in [0, 0.1) is 14.9 Å². The highest BCUT2D eigenvalue weighted by Crippen LogP contribution is 2.27. The van der Waals surface area contributed by atoms with Gasteiger partial charge in [-0.05, 0) is 65.1 Å². The van der Waals surface area contributed by atoms with E-state index in [1.54, 1.807) is 47.4 Å². The van der Waals surface area contributed by atoms with Gasteiger partial charge in [0.2, 0.25) is 5.91 Å². The van der Waals surface area contributed by atoms with Crippen molar-refractivity contribution in [2.24, 2.45) is 0 Å². The summed E-state index contributed by atoms with van der Waals surface area (Å²) < 4.78 is 0.753. The lowest BCUT2D eigenvalue weighted by molar-refractivity contribution is -0.119. The van der Waals surface area contributed by atoms with Crippen molar-refractivity contribution < 1.29 is 9.59 Å². The first-order valence-electron chi connectivity index (χ1n) is 7.64. The third-order valence-electron chi connectivity index (χ3n) is 3.89. The lowest BCUT2D eigenvalue weighted by Gasteiger charge is -2.23. The van der Waals surface area contributed by atoms with Gasteiger partial charge in [0.1, 0.15) is 6.04 Å². The molecule has 5 nitrogen and oxygen atoms in total. The average molecular weight is 498 g/mol. The van der Waals surface area contributed by atoms with E-state index in [9.17, 15) is 9.59 Å². The van der Waals surface area contributed by atoms with Gasteiger partial charge in [-0.2, -0.15) is 5.26 Å². The summed E-state index contributed by atoms with van der Waals surface area (Å²) in [7, 11) is 0. The Balaban J connectivity index is 1.75. The number of nitrogens with one attached hydrogen (secondary N) is 1. The summed E-state index contributed by atoms with van der Waals surface area (Å²) in [6.07, 6.45) is 0. The highest BCUT2D eigenvalue weighted by atomic mass is 127. The Morgan fingerprint density at radius 2 is 2.00 bits per heavy atom. The third-order valence-corrected chi connectivity index (χ3v) is 6.03. The van der Waals surface area contributed by atoms with Gasteiger partial charge in [0.15, 0.2) is 0 Å². The van der Waals surface area contributed by atoms with Gasteiger partial charge in [-0.25, -0.2) is 0 Å². The summed E-state index contributed by atoms with van der Waals surface area (Å²) in [6, 6.07) is 13.2. The highest BCUT2D eigenvalue weighted by Gasteiger charge is 2.35. The number of nitriles is 1. The molecule has 132 valence electrons. The number of amides is 2. The quantitative estimate of drug-likeness (QED) is 0.652. The lowest BCUT2D eigenvalue weighted by Crippen LogP contribution is -2.44. The van der Waals surface area contributed by atoms with E-state index >= 15 is 0 Å². The van der Waals surface area contributed by atoms with Crippen LogP contribution in [-0.2, 0) is 4.79 Å². The molecule has 0 radical (unpaired) electrons. The van der Waals surface area contributed by atoms with Crippen LogP contribution in [0.4, 0.5) is 5.69 Å². The van der Waals surface area contributed by atoms with Crippen LogP contribution in [0.1, 0.15) is 15.9 Å². The number of anilines is 1. The Bertz CT molecular complexity index is 898. The number of hydrogen-bond donors (Lipinski definition) is 1. The maximum absolute atomic E-state index is 12.9. The smallest absolute Gasteiger partial charge is 0.256 e. The number of nitrogens with zero attached hydrogens (tertiary/aromatic N) is 2. The second kappa shape index (κ2) is 8.29. The fourth-order valence-corrected chi connectivity index (χ4v) is 4.79. The second-order valence-electron chi connectivity index (χ2n) is 5.59. The predicted molar refractivity (Wildman–Crippen MR) is 111 cm³/mol. The Morgan fingerprint density at radius 3 is 2.65 bits per heavy atom. The third kappa shape index (κ3) is 4.14. The number of hydrogen-bond acceptors (Lipinski definition) is 4. The normalized spacial score (nSPS) is 16.2. The van der Waals surface area contributed by atoms with E-state index in [0.29, 0.717) is 33.5 Å². The number of benzene rings is 2. The van der Waals surface area contributed by atoms with Gasteiger partial charge in [0, 0.05) is 20.0 Å². The molecule has 1 heterocycles. The van der Waals surface area contributed by atoms with Crippen LogP contribution in [0.25, 0.3) is 0 Å². The SMILES string of the molecule is N#Cc1ccc(NC(=O)C2CSCN2C(=O)c2ccc(Cl)cc2I)cc1. The van der Waals surface area contributed by atoms with E-state index < -0.39 is 6.04 Å². The van der Waals surface area contributed by atoms with Crippen LogP contribution in [-0.4, -0.2) is 34.4 Å². The number of halogens is 2. The summed E-state index contributed by atoms with van der Waals surface area (Å²) in [4.78, 5) is 27.1. The summed E-state index contributed by atoms with van der Waals surface area (Å²) in [5.74, 6) is 0.578. The molecule has 3 rings (SSSR count). The van der Waals surface area contributed by atoms with Crippen molar-refractivity contribution in [1.29, 1.82) is 5.26 Å². The van der Waals surface area contributed by atoms with Crippen LogP contribution < -0.4 is 5.32 Å². The number of carbonyl (C=O) groups is 2. The van der Waals surface area contributed by atoms with Crippen molar-refractivity contribution in [2.75, 3.05) is 16.9 Å². The number of rotatable bonds is 3. The van der Waals surface area contributed by atoms with Crippen molar-refractivity contribution in [3.05, 3.63) is 62.2 Å². The molecule has 1 unspecified atom stereocenters. The molecule has 0 aromatic heterocycles. The fourth-order valence-electron chi connectivity index (χ4n) is 2.53. The average Bonchev–Trinajstić information content (AvgIpc) is 3.12. The van der Waals surface area contributed by atoms with Crippen molar-refractivity contribution in [3.8, 4) is 6.07 Å². The monoisotopic (exact) mass is 497 g/mol. The molecule has 1 atom stereocenters. The molecule has 2 amide bonds. The molecular formula is C18H13ClIN3O2S. The molecule has 1 saturated heterocycles. The van der Waals surface area contributed by atoms with E-state index in [0.717, 1.165) is 3.57 Å². The van der Waals surface area contributed by atoms with E-state index in [1.807, 2.05) is 6.07 Å². The predicted octanol–water partition coefficient (Wildman–Crippen LogP) is 3.97. The summed E-state index contributed by atoms with van der Waals surface area (Å²) in [6.45, 7) is 0. The number of carbonyl (C=O) groups excluding carboxylic acids is 2. The zero-order chi connectivity index (χ0) is 18.7. The van der Waals surface area contributed by atoms with Crippen molar-refractivity contribution in [1.82, 2.24) is 4.90 Å². The van der Waals surface area contributed by atoms with Crippen molar-refractivity contribution >= 4 is 63.5 Å². The highest BCUT2D eigenvalue weighted by molar-refractivity contribution is 14.1. The van der Waals surface area contributed by atoms with Crippen LogP contribution >= 0.6 is 46.0 Å². The van der Waals surface area contributed by atoms with E-state index in [1.165, 1.54) is 11.8 Å². The standard InChI is InChI=1S/C18H13ClIN3O2S/c19-12-3-6-14(15(20)7-12)18(25)23-10-26-9-16(23)17(24)22-13-4-1-11(8-21)2-5-13/h1-7,16H,9-10H2,(H,22,24). The Labute approximate surface area is 173 Å². The first kappa shape index (κ1) is 19.0. The Morgan fingerprint density at radius 1 is 1.27 bits per heavy atom. The van der Waals surface area contributed by atoms with Gasteiger partial charge < -0.3 is 10.2 Å². The largest absolute Gasteiger partial charge is 0.324 e. The van der Waals surface area contributed by atoms with Crippen molar-refractivity contribution in [2.45, 2.75) is 6.04 Å². The summed E-state index contributed by atoms with van der Waals surface area (Å²) in [5, 5.41) is 12.2. The Kier molecular flexibility index (Phi) is 6.06. The molecule has 1 aliphatic heterocycles. The molecule has 26 heavy (non-hydrogen) atoms. The fraction of sp³-hybridized carbons (Fsp3) is 0.167. The molecule has 0 aliphatic carbocycles. The molecule has 2 aromatic carbocycles. The first-order valence-corrected chi connectivity index (χ1v) is 10.3. The molecule has 1 fully saturated rings. The zero-order valence-electron chi connectivity index (χ0n) is 13.4. The molecule has 1 N–H and O–H groups in total. The summed E-state index contributed by atoms with van der Waals surface area (Å²) in [5.41, 5.74) is 1.65. The molecule has 0 saturated carbocycles. The maximum Gasteiger partial charge on any atom is 0.256 e. The minimum absolute atomic E-state index is 0.184. The van der Waals surface area contributed by atoms with E-state index in [4.69, 9.17) is 16.9 Å². The topological polar surface area (TPSA) is 73.2 Å². The second-order valence-corrected chi connectivity index (χ2v) is 8.19. The van der Waals surface area contributed by atoms with E-state index in [-0.39, 0.29) is 11.8 Å². The van der Waals surface area contributed by atoms with Crippen molar-refractivity contribution in [3.63, 3.8) is 0 Å². The van der Waals surface area contributed by atoms with Crippen LogP contribution in [0.15, 0.2) is 42.5 Å². The van der Waals surface area contributed by atoms with E-state index in [2.05, 4.69) is 27.9 Å². The van der Waals surface area contributed by atoms with Crippen LogP contribution in [0.2, 0.25) is 5.02 Å². The van der Waals surface area contributed by atoms with Gasteiger partial charge in [-0.1, -0.05) is 11.6 Å². The number of thioether (sulfide) groups is 1. The minimum atomic E-state index is -0.547. The van der Waals surface area contributed by atoms with Gasteiger partial charge in [0.05, 0.1) is 23.1 Å².